The van der Waals surface area contributed by atoms with Gasteiger partial charge in [-0.3, -0.25) is 9.36 Å². The molecule has 2 saturated heterocycles. The largest absolute Gasteiger partial charge is 0.390 e. The summed E-state index contributed by atoms with van der Waals surface area (Å²) < 4.78 is 56.1. The van der Waals surface area contributed by atoms with Crippen molar-refractivity contribution >= 4 is 76.8 Å². The number of fused-ring (bicyclic) bond motifs is 2. The highest BCUT2D eigenvalue weighted by molar-refractivity contribution is 7.91. The summed E-state index contributed by atoms with van der Waals surface area (Å²) in [6, 6.07) is 7.78. The van der Waals surface area contributed by atoms with Crippen LogP contribution in [-0.2, 0) is 20.0 Å². The van der Waals surface area contributed by atoms with E-state index in [4.69, 9.17) is 10.2 Å². The van der Waals surface area contributed by atoms with Gasteiger partial charge in [0.1, 0.15) is 23.3 Å². The van der Waals surface area contributed by atoms with E-state index in [1.165, 1.54) is 24.8 Å². The predicted octanol–water partition coefficient (Wildman–Crippen LogP) is 6.69. The average molecular weight is 1100 g/mol. The van der Waals surface area contributed by atoms with Crippen molar-refractivity contribution in [3.63, 3.8) is 0 Å². The lowest BCUT2D eigenvalue weighted by atomic mass is 9.84. The van der Waals surface area contributed by atoms with Crippen LogP contribution in [0.2, 0.25) is 0 Å². The molecule has 26 heteroatoms. The van der Waals surface area contributed by atoms with Crippen LogP contribution < -0.4 is 20.4 Å². The Labute approximate surface area is 452 Å². The number of aliphatic hydroxyl groups is 2. The molecule has 4 N–H and O–H groups in total. The molecule has 0 aromatic carbocycles. The smallest absolute Gasteiger partial charge is 0.256 e. The average Bonchev–Trinajstić information content (AvgIpc) is 4.29. The Morgan fingerprint density at radius 1 is 0.590 bits per heavy atom. The van der Waals surface area contributed by atoms with E-state index in [0.29, 0.717) is 71.7 Å². The van der Waals surface area contributed by atoms with Crippen LogP contribution in [0, 0.1) is 11.8 Å². The van der Waals surface area contributed by atoms with Crippen LogP contribution in [0.4, 0.5) is 34.9 Å². The van der Waals surface area contributed by atoms with E-state index >= 15 is 0 Å². The van der Waals surface area contributed by atoms with Crippen LogP contribution in [0.15, 0.2) is 73.8 Å². The lowest BCUT2D eigenvalue weighted by Gasteiger charge is -2.45. The van der Waals surface area contributed by atoms with Crippen LogP contribution in [0.3, 0.4) is 0 Å². The fourth-order valence-electron chi connectivity index (χ4n) is 9.40. The Morgan fingerprint density at radius 3 is 1.32 bits per heavy atom. The minimum atomic E-state index is -3.46. The fourth-order valence-corrected chi connectivity index (χ4v) is 12.4. The van der Waals surface area contributed by atoms with Crippen molar-refractivity contribution in [2.75, 3.05) is 46.6 Å². The highest BCUT2D eigenvalue weighted by Gasteiger charge is 2.42. The van der Waals surface area contributed by atoms with Crippen LogP contribution in [0.25, 0.3) is 44.6 Å². The van der Waals surface area contributed by atoms with E-state index in [1.807, 2.05) is 61.6 Å². The maximum absolute atomic E-state index is 12.5. The first-order chi connectivity index (χ1) is 37.1. The summed E-state index contributed by atoms with van der Waals surface area (Å²) in [6.07, 6.45) is 17.2. The summed E-state index contributed by atoms with van der Waals surface area (Å²) in [5.74, 6) is 5.14. The number of pyridine rings is 2. The van der Waals surface area contributed by atoms with Gasteiger partial charge in [0.15, 0.2) is 23.3 Å². The highest BCUT2D eigenvalue weighted by Crippen LogP contribution is 2.39. The second kappa shape index (κ2) is 19.9. The van der Waals surface area contributed by atoms with Crippen molar-refractivity contribution in [1.29, 1.82) is 0 Å². The maximum atomic E-state index is 12.5. The maximum Gasteiger partial charge on any atom is 0.256 e. The zero-order valence-electron chi connectivity index (χ0n) is 45.0. The molecule has 10 heterocycles. The van der Waals surface area contributed by atoms with Crippen molar-refractivity contribution < 1.29 is 27.0 Å². The Balaban J connectivity index is 0.000000165. The Bertz CT molecular complexity index is 3500. The van der Waals surface area contributed by atoms with Gasteiger partial charge >= 0.3 is 0 Å². The number of aromatic nitrogens is 14. The summed E-state index contributed by atoms with van der Waals surface area (Å²) >= 11 is 0. The third-order valence-corrected chi connectivity index (χ3v) is 19.5. The molecule has 0 spiro atoms. The quantitative estimate of drug-likeness (QED) is 0.0695. The number of nitrogens with one attached hydrogen (secondary N) is 2. The Morgan fingerprint density at radius 2 is 0.974 bits per heavy atom. The van der Waals surface area contributed by atoms with Crippen LogP contribution >= 0.6 is 0 Å². The van der Waals surface area contributed by atoms with Gasteiger partial charge in [-0.15, -0.1) is 0 Å². The van der Waals surface area contributed by atoms with Gasteiger partial charge in [-0.2, -0.15) is 28.6 Å². The first-order valence-corrected chi connectivity index (χ1v) is 29.6. The van der Waals surface area contributed by atoms with Gasteiger partial charge in [0.05, 0.1) is 79.4 Å². The van der Waals surface area contributed by atoms with Crippen LogP contribution in [-0.4, -0.2) is 143 Å². The molecule has 8 aromatic rings. The van der Waals surface area contributed by atoms with Crippen molar-refractivity contribution in [2.24, 2.45) is 11.8 Å². The SMILES string of the molecule is CCC(C)n1nc(N2CC(C(C)(C)O)C2)c2cnc(Nc3ccnc(-c4cnn(S(=O)(=O)C5CC5)c4)n3)cc21.CCC(C)n1nc(N2CC(C(C)(C)O)C2)c2cnc(Nc3ccnc(-c4cnn(S(=O)(=O)C5CC5)c4)n3)cc21. The van der Waals surface area contributed by atoms with E-state index in [0.717, 1.165) is 80.6 Å². The zero-order valence-corrected chi connectivity index (χ0v) is 46.6. The molecule has 2 aliphatic carbocycles. The molecular weight excluding hydrogens is 1040 g/mol. The van der Waals surface area contributed by atoms with Crippen molar-refractivity contribution in [1.82, 2.24) is 67.8 Å². The molecule has 2 aliphatic heterocycles. The van der Waals surface area contributed by atoms with Gasteiger partial charge in [-0.25, -0.2) is 46.7 Å². The normalized spacial score (nSPS) is 17.4. The molecule has 2 unspecified atom stereocenters. The Hall–Kier alpha value is -7.16. The number of anilines is 6. The summed E-state index contributed by atoms with van der Waals surface area (Å²) in [6.45, 7) is 18.9. The summed E-state index contributed by atoms with van der Waals surface area (Å²) in [5, 5.41) is 46.4. The molecule has 412 valence electrons. The molecule has 4 fully saturated rings. The topological polar surface area (TPSA) is 288 Å². The van der Waals surface area contributed by atoms with Gasteiger partial charge < -0.3 is 30.6 Å². The van der Waals surface area contributed by atoms with Crippen molar-refractivity contribution in [3.8, 4) is 22.8 Å². The third-order valence-electron chi connectivity index (χ3n) is 15.4. The molecule has 0 bridgehead atoms. The molecule has 0 amide bonds. The molecule has 24 nitrogen and oxygen atoms in total. The van der Waals surface area contributed by atoms with E-state index in [-0.39, 0.29) is 34.4 Å². The minimum Gasteiger partial charge on any atom is -0.390 e. The second-order valence-electron chi connectivity index (χ2n) is 22.2. The van der Waals surface area contributed by atoms with Gasteiger partial charge in [-0.05, 0) is 92.2 Å². The van der Waals surface area contributed by atoms with Gasteiger partial charge in [0, 0.05) is 87.0 Å². The summed E-state index contributed by atoms with van der Waals surface area (Å²) in [5.41, 5.74) is 1.52. The predicted molar refractivity (Wildman–Crippen MR) is 297 cm³/mol. The molecule has 12 rings (SSSR count). The first-order valence-electron chi connectivity index (χ1n) is 26.6. The minimum absolute atomic E-state index is 0.192. The lowest BCUT2D eigenvalue weighted by molar-refractivity contribution is 0.00399. The van der Waals surface area contributed by atoms with Gasteiger partial charge in [0.2, 0.25) is 0 Å². The molecule has 2 saturated carbocycles. The number of hydrogen-bond donors (Lipinski definition) is 4. The highest BCUT2D eigenvalue weighted by atomic mass is 32.2. The first kappa shape index (κ1) is 52.9. The van der Waals surface area contributed by atoms with Crippen molar-refractivity contribution in [3.05, 3.63) is 73.8 Å². The Kier molecular flexibility index (Phi) is 13.5. The molecule has 78 heavy (non-hydrogen) atoms. The van der Waals surface area contributed by atoms with Crippen LogP contribution in [0.1, 0.15) is 106 Å². The van der Waals surface area contributed by atoms with Gasteiger partial charge in [0.25, 0.3) is 20.0 Å². The second-order valence-corrected chi connectivity index (χ2v) is 26.3. The fraction of sp³-hybridized carbons (Fsp3) is 0.500. The van der Waals surface area contributed by atoms with Crippen molar-refractivity contribution in [2.45, 2.75) is 128 Å². The van der Waals surface area contributed by atoms with Gasteiger partial charge in [-0.1, -0.05) is 13.8 Å². The van der Waals surface area contributed by atoms with E-state index in [2.05, 4.69) is 88.2 Å². The lowest BCUT2D eigenvalue weighted by Crippen LogP contribution is -2.56. The summed E-state index contributed by atoms with van der Waals surface area (Å²) in [4.78, 5) is 31.4. The molecule has 0 radical (unpaired) electrons. The standard InChI is InChI=1S/2C26H33N9O3S/c2*1-5-16(2)35-21-10-23(28-12-20(21)25(32-35)33-14-18(15-33)26(3,4)36)30-22-8-9-27-24(31-22)17-11-29-34(13-17)39(37,38)19-6-7-19/h2*8-13,16,18-19,36H,5-7,14-15H2,1-4H3,(H,27,28,30,31). The van der Waals surface area contributed by atoms with E-state index in [9.17, 15) is 27.0 Å². The molecule has 8 aromatic heterocycles. The third kappa shape index (κ3) is 10.4. The van der Waals surface area contributed by atoms with Crippen LogP contribution in [0.5, 0.6) is 0 Å². The van der Waals surface area contributed by atoms with E-state index in [1.54, 1.807) is 24.5 Å². The zero-order chi connectivity index (χ0) is 55.1. The molecular formula is C52H66N18O6S2. The molecule has 2 atom stereocenters. The summed E-state index contributed by atoms with van der Waals surface area (Å²) in [7, 11) is -6.92. The molecule has 4 aliphatic rings. The number of rotatable bonds is 18. The number of nitrogens with zero attached hydrogens (tertiary/aromatic N) is 16. The van der Waals surface area contributed by atoms with E-state index < -0.39 is 31.2 Å². The monoisotopic (exact) mass is 1100 g/mol. The number of hydrogen-bond acceptors (Lipinski definition) is 20.